The van der Waals surface area contributed by atoms with Gasteiger partial charge in [0.1, 0.15) is 0 Å². The summed E-state index contributed by atoms with van der Waals surface area (Å²) in [7, 11) is -3.39. The predicted molar refractivity (Wildman–Crippen MR) is 125 cm³/mol. The van der Waals surface area contributed by atoms with Gasteiger partial charge in [0.25, 0.3) is 0 Å². The summed E-state index contributed by atoms with van der Waals surface area (Å²) in [6, 6.07) is 13.9. The average Bonchev–Trinajstić information content (AvgIpc) is 2.74. The minimum atomic E-state index is -3.39. The van der Waals surface area contributed by atoms with Gasteiger partial charge >= 0.3 is 0 Å². The third-order valence-corrected chi connectivity index (χ3v) is 8.17. The SMILES string of the molecule is CC[C@H](NC(=O)C1CCN(S(=O)(=O)Cc2ccccc2C)CC1)c1ccc(C)cc1C. The molecule has 31 heavy (non-hydrogen) atoms. The number of sulfonamides is 1. The van der Waals surface area contributed by atoms with Crippen LogP contribution in [0.5, 0.6) is 0 Å². The summed E-state index contributed by atoms with van der Waals surface area (Å²) in [5, 5.41) is 3.21. The van der Waals surface area contributed by atoms with Crippen molar-refractivity contribution in [3.8, 4) is 0 Å². The van der Waals surface area contributed by atoms with Crippen molar-refractivity contribution in [1.29, 1.82) is 0 Å². The number of rotatable bonds is 7. The van der Waals surface area contributed by atoms with Crippen molar-refractivity contribution in [1.82, 2.24) is 9.62 Å². The second-order valence-electron chi connectivity index (χ2n) is 8.69. The van der Waals surface area contributed by atoms with Crippen LogP contribution in [0.1, 0.15) is 60.0 Å². The molecule has 1 aliphatic rings. The average molecular weight is 443 g/mol. The molecule has 0 saturated carbocycles. The Labute approximate surface area is 186 Å². The third-order valence-electron chi connectivity index (χ3n) is 6.34. The number of nitrogens with zero attached hydrogens (tertiary/aromatic N) is 1. The molecule has 2 aromatic rings. The van der Waals surface area contributed by atoms with Gasteiger partial charge in [0, 0.05) is 19.0 Å². The van der Waals surface area contributed by atoms with Gasteiger partial charge in [-0.3, -0.25) is 4.79 Å². The van der Waals surface area contributed by atoms with E-state index in [4.69, 9.17) is 0 Å². The second kappa shape index (κ2) is 9.96. The van der Waals surface area contributed by atoms with Crippen molar-refractivity contribution in [3.05, 3.63) is 70.3 Å². The Hall–Kier alpha value is -2.18. The van der Waals surface area contributed by atoms with Crippen LogP contribution in [0.4, 0.5) is 0 Å². The number of nitrogens with one attached hydrogen (secondary N) is 1. The van der Waals surface area contributed by atoms with Crippen LogP contribution in [-0.4, -0.2) is 31.7 Å². The molecule has 1 heterocycles. The Kier molecular flexibility index (Phi) is 7.55. The molecule has 0 spiro atoms. The Bertz CT molecular complexity index is 1020. The van der Waals surface area contributed by atoms with Crippen LogP contribution >= 0.6 is 0 Å². The van der Waals surface area contributed by atoms with Crippen LogP contribution < -0.4 is 5.32 Å². The number of hydrogen-bond donors (Lipinski definition) is 1. The highest BCUT2D eigenvalue weighted by Gasteiger charge is 2.32. The fourth-order valence-electron chi connectivity index (χ4n) is 4.36. The second-order valence-corrected chi connectivity index (χ2v) is 10.7. The number of carbonyl (C=O) groups is 1. The smallest absolute Gasteiger partial charge is 0.223 e. The van der Waals surface area contributed by atoms with Crippen LogP contribution in [0.25, 0.3) is 0 Å². The van der Waals surface area contributed by atoms with Gasteiger partial charge < -0.3 is 5.32 Å². The summed E-state index contributed by atoms with van der Waals surface area (Å²) in [5.41, 5.74) is 5.37. The van der Waals surface area contributed by atoms with Crippen molar-refractivity contribution in [2.45, 2.75) is 58.8 Å². The van der Waals surface area contributed by atoms with Gasteiger partial charge in [-0.1, -0.05) is 55.0 Å². The van der Waals surface area contributed by atoms with E-state index >= 15 is 0 Å². The Morgan fingerprint density at radius 1 is 1.06 bits per heavy atom. The number of amides is 1. The summed E-state index contributed by atoms with van der Waals surface area (Å²) in [5.74, 6) is -0.103. The molecule has 6 heteroatoms. The van der Waals surface area contributed by atoms with Gasteiger partial charge in [0.15, 0.2) is 0 Å². The molecule has 0 aliphatic carbocycles. The molecule has 1 aliphatic heterocycles. The molecule has 1 atom stereocenters. The standard InChI is InChI=1S/C25H34N2O3S/c1-5-24(23-11-10-18(2)16-20(23)4)26-25(28)21-12-14-27(15-13-21)31(29,30)17-22-9-7-6-8-19(22)3/h6-11,16,21,24H,5,12-15,17H2,1-4H3,(H,26,28)/t24-/m0/s1. The first-order valence-corrected chi connectivity index (χ1v) is 12.7. The molecular formula is C25H34N2O3S. The zero-order valence-electron chi connectivity index (χ0n) is 19.0. The summed E-state index contributed by atoms with van der Waals surface area (Å²) in [4.78, 5) is 12.9. The molecule has 3 rings (SSSR count). The lowest BCUT2D eigenvalue weighted by molar-refractivity contribution is -0.126. The normalized spacial score (nSPS) is 16.8. The van der Waals surface area contributed by atoms with Crippen LogP contribution in [0.15, 0.2) is 42.5 Å². The van der Waals surface area contributed by atoms with Crippen LogP contribution in [-0.2, 0) is 20.6 Å². The van der Waals surface area contributed by atoms with Crippen molar-refractivity contribution < 1.29 is 13.2 Å². The zero-order chi connectivity index (χ0) is 22.6. The largest absolute Gasteiger partial charge is 0.349 e. The maximum atomic E-state index is 12.9. The van der Waals surface area contributed by atoms with Crippen molar-refractivity contribution in [2.75, 3.05) is 13.1 Å². The quantitative estimate of drug-likeness (QED) is 0.690. The zero-order valence-corrected chi connectivity index (χ0v) is 19.8. The van der Waals surface area contributed by atoms with E-state index in [1.807, 2.05) is 31.2 Å². The lowest BCUT2D eigenvalue weighted by Gasteiger charge is -2.32. The highest BCUT2D eigenvalue weighted by atomic mass is 32.2. The van der Waals surface area contributed by atoms with Crippen LogP contribution in [0.3, 0.4) is 0 Å². The molecule has 1 saturated heterocycles. The third kappa shape index (κ3) is 5.74. The fourth-order valence-corrected chi connectivity index (χ4v) is 6.03. The summed E-state index contributed by atoms with van der Waals surface area (Å²) in [6.07, 6.45) is 1.93. The molecule has 0 bridgehead atoms. The van der Waals surface area contributed by atoms with E-state index < -0.39 is 10.0 Å². The molecule has 0 unspecified atom stereocenters. The molecular weight excluding hydrogens is 408 g/mol. The Balaban J connectivity index is 1.59. The molecule has 168 valence electrons. The first-order chi connectivity index (χ1) is 14.7. The van der Waals surface area contributed by atoms with Gasteiger partial charge in [-0.15, -0.1) is 0 Å². The Morgan fingerprint density at radius 3 is 2.35 bits per heavy atom. The van der Waals surface area contributed by atoms with E-state index in [1.54, 1.807) is 4.31 Å². The van der Waals surface area contributed by atoms with Crippen LogP contribution in [0.2, 0.25) is 0 Å². The van der Waals surface area contributed by atoms with Crippen molar-refractivity contribution in [2.24, 2.45) is 5.92 Å². The Morgan fingerprint density at radius 2 is 1.74 bits per heavy atom. The summed E-state index contributed by atoms with van der Waals surface area (Å²) < 4.78 is 27.3. The fraction of sp³-hybridized carbons (Fsp3) is 0.480. The number of carbonyl (C=O) groups excluding carboxylic acids is 1. The molecule has 1 amide bonds. The topological polar surface area (TPSA) is 66.5 Å². The minimum absolute atomic E-state index is 0.0150. The highest BCUT2D eigenvalue weighted by Crippen LogP contribution is 2.26. The molecule has 0 radical (unpaired) electrons. The number of piperidine rings is 1. The summed E-state index contributed by atoms with van der Waals surface area (Å²) in [6.45, 7) is 8.94. The van der Waals surface area contributed by atoms with Crippen molar-refractivity contribution >= 4 is 15.9 Å². The van der Waals surface area contributed by atoms with Gasteiger partial charge in [0.05, 0.1) is 11.8 Å². The number of hydrogen-bond acceptors (Lipinski definition) is 3. The lowest BCUT2D eigenvalue weighted by atomic mass is 9.94. The molecule has 1 fully saturated rings. The first kappa shape index (κ1) is 23.5. The lowest BCUT2D eigenvalue weighted by Crippen LogP contribution is -2.44. The van der Waals surface area contributed by atoms with Gasteiger partial charge in [-0.2, -0.15) is 0 Å². The maximum Gasteiger partial charge on any atom is 0.223 e. The first-order valence-electron chi connectivity index (χ1n) is 11.1. The molecule has 2 aromatic carbocycles. The van der Waals surface area contributed by atoms with Crippen molar-refractivity contribution in [3.63, 3.8) is 0 Å². The minimum Gasteiger partial charge on any atom is -0.349 e. The van der Waals surface area contributed by atoms with E-state index in [9.17, 15) is 13.2 Å². The van der Waals surface area contributed by atoms with Gasteiger partial charge in [0.2, 0.25) is 15.9 Å². The number of benzene rings is 2. The van der Waals surface area contributed by atoms with E-state index in [2.05, 4.69) is 44.3 Å². The van der Waals surface area contributed by atoms with E-state index in [0.29, 0.717) is 25.9 Å². The predicted octanol–water partition coefficient (Wildman–Crippen LogP) is 4.42. The monoisotopic (exact) mass is 442 g/mol. The number of aryl methyl sites for hydroxylation is 3. The highest BCUT2D eigenvalue weighted by molar-refractivity contribution is 7.88. The molecule has 0 aromatic heterocycles. The van der Waals surface area contributed by atoms with Crippen LogP contribution in [0, 0.1) is 26.7 Å². The van der Waals surface area contributed by atoms with E-state index in [1.165, 1.54) is 11.1 Å². The molecule has 1 N–H and O–H groups in total. The van der Waals surface area contributed by atoms with Gasteiger partial charge in [-0.05, 0) is 62.3 Å². The maximum absolute atomic E-state index is 12.9. The summed E-state index contributed by atoms with van der Waals surface area (Å²) >= 11 is 0. The molecule has 5 nitrogen and oxygen atoms in total. The van der Waals surface area contributed by atoms with E-state index in [0.717, 1.165) is 23.1 Å². The van der Waals surface area contributed by atoms with E-state index in [-0.39, 0.29) is 23.6 Å². The van der Waals surface area contributed by atoms with Gasteiger partial charge in [-0.25, -0.2) is 12.7 Å².